The lowest BCUT2D eigenvalue weighted by atomic mass is 10.2. The molecule has 2 N–H and O–H groups in total. The number of benzene rings is 1. The molecule has 0 aliphatic heterocycles. The third-order valence-electron chi connectivity index (χ3n) is 2.73. The molecule has 0 aliphatic rings. The number of hydrogen-bond donors (Lipinski definition) is 2. The van der Waals surface area contributed by atoms with Crippen molar-refractivity contribution in [3.05, 3.63) is 17.9 Å². The van der Waals surface area contributed by atoms with Crippen LogP contribution in [0.5, 0.6) is 11.5 Å². The van der Waals surface area contributed by atoms with Crippen LogP contribution in [0.2, 0.25) is 0 Å². The quantitative estimate of drug-likeness (QED) is 0.776. The molecule has 0 heterocycles. The predicted molar refractivity (Wildman–Crippen MR) is 71.5 cm³/mol. The number of ether oxygens (including phenoxy) is 2. The van der Waals surface area contributed by atoms with Crippen LogP contribution in [-0.2, 0) is 14.8 Å². The number of nitrogens with one attached hydrogen (secondary N) is 1. The maximum atomic E-state index is 13.9. The second kappa shape index (κ2) is 6.72. The Morgan fingerprint density at radius 3 is 2.29 bits per heavy atom. The molecule has 118 valence electrons. The van der Waals surface area contributed by atoms with E-state index in [4.69, 9.17) is 14.6 Å². The first-order valence-electron chi connectivity index (χ1n) is 5.93. The van der Waals surface area contributed by atoms with E-state index >= 15 is 0 Å². The van der Waals surface area contributed by atoms with Crippen molar-refractivity contribution in [2.45, 2.75) is 24.3 Å². The van der Waals surface area contributed by atoms with Crippen LogP contribution in [0.4, 0.5) is 4.39 Å². The van der Waals surface area contributed by atoms with Gasteiger partial charge in [0.05, 0.1) is 14.2 Å². The standard InChI is InChI=1S/C12H16FNO6S/c1-4-8(12(15)16)14-21(17,18)11-6-10(20-3)9(19-2)5-7(11)13/h5-6,8,14H,4H2,1-3H3,(H,15,16). The molecule has 1 aromatic carbocycles. The minimum absolute atomic E-state index is 0.0163. The van der Waals surface area contributed by atoms with Gasteiger partial charge >= 0.3 is 5.97 Å². The summed E-state index contributed by atoms with van der Waals surface area (Å²) in [5, 5.41) is 8.87. The zero-order chi connectivity index (χ0) is 16.2. The Bertz CT molecular complexity index is 631. The second-order valence-electron chi connectivity index (χ2n) is 4.06. The van der Waals surface area contributed by atoms with Crippen molar-refractivity contribution in [1.29, 1.82) is 0 Å². The van der Waals surface area contributed by atoms with Crippen molar-refractivity contribution in [2.75, 3.05) is 14.2 Å². The van der Waals surface area contributed by atoms with Crippen molar-refractivity contribution in [3.63, 3.8) is 0 Å². The van der Waals surface area contributed by atoms with E-state index in [1.165, 1.54) is 21.1 Å². The lowest BCUT2D eigenvalue weighted by Gasteiger charge is -2.15. The van der Waals surface area contributed by atoms with Gasteiger partial charge in [-0.05, 0) is 6.42 Å². The fourth-order valence-electron chi connectivity index (χ4n) is 1.60. The molecule has 7 nitrogen and oxygen atoms in total. The first-order chi connectivity index (χ1) is 9.76. The highest BCUT2D eigenvalue weighted by Gasteiger charge is 2.27. The molecule has 0 spiro atoms. The minimum Gasteiger partial charge on any atom is -0.493 e. The second-order valence-corrected chi connectivity index (χ2v) is 5.74. The van der Waals surface area contributed by atoms with Crippen LogP contribution in [0, 0.1) is 5.82 Å². The Labute approximate surface area is 121 Å². The summed E-state index contributed by atoms with van der Waals surface area (Å²) >= 11 is 0. The maximum absolute atomic E-state index is 13.9. The Hall–Kier alpha value is -1.87. The van der Waals surface area contributed by atoms with Gasteiger partial charge in [-0.2, -0.15) is 4.72 Å². The number of rotatable bonds is 7. The third-order valence-corrected chi connectivity index (χ3v) is 4.22. The third kappa shape index (κ3) is 3.82. The summed E-state index contributed by atoms with van der Waals surface area (Å²) in [5.41, 5.74) is 0. The average Bonchev–Trinajstić information content (AvgIpc) is 2.43. The Kier molecular flexibility index (Phi) is 5.50. The van der Waals surface area contributed by atoms with Crippen molar-refractivity contribution in [2.24, 2.45) is 0 Å². The summed E-state index contributed by atoms with van der Waals surface area (Å²) in [5.74, 6) is -2.37. The van der Waals surface area contributed by atoms with Gasteiger partial charge in [0.15, 0.2) is 11.5 Å². The molecule has 21 heavy (non-hydrogen) atoms. The van der Waals surface area contributed by atoms with E-state index in [9.17, 15) is 17.6 Å². The van der Waals surface area contributed by atoms with Crippen molar-refractivity contribution in [1.82, 2.24) is 4.72 Å². The van der Waals surface area contributed by atoms with Crippen LogP contribution in [0.25, 0.3) is 0 Å². The van der Waals surface area contributed by atoms with Crippen LogP contribution in [0.3, 0.4) is 0 Å². The molecule has 0 saturated carbocycles. The van der Waals surface area contributed by atoms with Gasteiger partial charge in [0, 0.05) is 12.1 Å². The van der Waals surface area contributed by atoms with E-state index < -0.39 is 32.7 Å². The van der Waals surface area contributed by atoms with Gasteiger partial charge in [-0.25, -0.2) is 12.8 Å². The number of methoxy groups -OCH3 is 2. The van der Waals surface area contributed by atoms with Gasteiger partial charge in [0.2, 0.25) is 10.0 Å². The van der Waals surface area contributed by atoms with E-state index in [0.29, 0.717) is 0 Å². The van der Waals surface area contributed by atoms with Crippen molar-refractivity contribution < 1.29 is 32.2 Å². The van der Waals surface area contributed by atoms with Gasteiger partial charge in [-0.1, -0.05) is 6.92 Å². The molecule has 0 bridgehead atoms. The maximum Gasteiger partial charge on any atom is 0.321 e. The number of hydrogen-bond acceptors (Lipinski definition) is 5. The summed E-state index contributed by atoms with van der Waals surface area (Å²) in [6.45, 7) is 1.49. The molecule has 1 aromatic rings. The van der Waals surface area contributed by atoms with Gasteiger partial charge in [-0.3, -0.25) is 4.79 Å². The first kappa shape index (κ1) is 17.2. The Morgan fingerprint density at radius 2 is 1.86 bits per heavy atom. The van der Waals surface area contributed by atoms with Gasteiger partial charge in [-0.15, -0.1) is 0 Å². The minimum atomic E-state index is -4.35. The Balaban J connectivity index is 3.28. The highest BCUT2D eigenvalue weighted by atomic mass is 32.2. The van der Waals surface area contributed by atoms with Crippen LogP contribution in [0.15, 0.2) is 17.0 Å². The van der Waals surface area contributed by atoms with Gasteiger partial charge in [0.25, 0.3) is 0 Å². The Morgan fingerprint density at radius 1 is 1.33 bits per heavy atom. The molecule has 0 aromatic heterocycles. The number of sulfonamides is 1. The zero-order valence-electron chi connectivity index (χ0n) is 11.7. The summed E-state index contributed by atoms with van der Waals surface area (Å²) < 4.78 is 49.8. The largest absolute Gasteiger partial charge is 0.493 e. The molecule has 1 rings (SSSR count). The molecule has 0 amide bonds. The van der Waals surface area contributed by atoms with E-state index in [1.807, 2.05) is 4.72 Å². The van der Waals surface area contributed by atoms with E-state index in [2.05, 4.69) is 0 Å². The summed E-state index contributed by atoms with van der Waals surface area (Å²) in [6, 6.07) is 0.447. The molecule has 0 radical (unpaired) electrons. The van der Waals surface area contributed by atoms with Gasteiger partial charge < -0.3 is 14.6 Å². The smallest absolute Gasteiger partial charge is 0.321 e. The van der Waals surface area contributed by atoms with E-state index in [1.54, 1.807) is 0 Å². The van der Waals surface area contributed by atoms with Gasteiger partial charge in [0.1, 0.15) is 16.8 Å². The number of carboxylic acids is 1. The lowest BCUT2D eigenvalue weighted by Crippen LogP contribution is -2.40. The average molecular weight is 321 g/mol. The summed E-state index contributed by atoms with van der Waals surface area (Å²) in [4.78, 5) is 10.2. The van der Waals surface area contributed by atoms with Crippen molar-refractivity contribution >= 4 is 16.0 Å². The number of carbonyl (C=O) groups is 1. The molecule has 0 aliphatic carbocycles. The molecular formula is C12H16FNO6S. The first-order valence-corrected chi connectivity index (χ1v) is 7.41. The topological polar surface area (TPSA) is 102 Å². The fourth-order valence-corrected chi connectivity index (χ4v) is 2.95. The van der Waals surface area contributed by atoms with Crippen LogP contribution >= 0.6 is 0 Å². The fraction of sp³-hybridized carbons (Fsp3) is 0.417. The highest BCUT2D eigenvalue weighted by Crippen LogP contribution is 2.31. The lowest BCUT2D eigenvalue weighted by molar-refractivity contribution is -0.139. The van der Waals surface area contributed by atoms with Crippen LogP contribution in [0.1, 0.15) is 13.3 Å². The zero-order valence-corrected chi connectivity index (χ0v) is 12.5. The molecule has 9 heteroatoms. The molecule has 0 fully saturated rings. The molecule has 1 unspecified atom stereocenters. The molecular weight excluding hydrogens is 305 g/mol. The summed E-state index contributed by atoms with van der Waals surface area (Å²) in [7, 11) is -1.80. The molecule has 1 atom stereocenters. The van der Waals surface area contributed by atoms with E-state index in [0.717, 1.165) is 12.1 Å². The number of aliphatic carboxylic acids is 1. The van der Waals surface area contributed by atoms with Crippen molar-refractivity contribution in [3.8, 4) is 11.5 Å². The predicted octanol–water partition coefficient (Wildman–Crippen LogP) is 0.984. The number of halogens is 1. The number of carboxylic acid groups (broad SMARTS) is 1. The highest BCUT2D eigenvalue weighted by molar-refractivity contribution is 7.89. The molecule has 0 saturated heterocycles. The monoisotopic (exact) mass is 321 g/mol. The normalized spacial score (nSPS) is 12.8. The summed E-state index contributed by atoms with van der Waals surface area (Å²) in [6.07, 6.45) is 0.0173. The SMILES string of the molecule is CCC(NS(=O)(=O)c1cc(OC)c(OC)cc1F)C(=O)O. The van der Waals surface area contributed by atoms with Crippen LogP contribution in [-0.4, -0.2) is 39.8 Å². The van der Waals surface area contributed by atoms with E-state index in [-0.39, 0.29) is 17.9 Å². The van der Waals surface area contributed by atoms with Crippen LogP contribution < -0.4 is 14.2 Å².